The van der Waals surface area contributed by atoms with Gasteiger partial charge in [-0.1, -0.05) is 12.1 Å². The van der Waals surface area contributed by atoms with Crippen LogP contribution in [0, 0.1) is 5.82 Å². The molecule has 0 radical (unpaired) electrons. The van der Waals surface area contributed by atoms with E-state index < -0.39 is 0 Å². The van der Waals surface area contributed by atoms with Crippen molar-refractivity contribution >= 4 is 16.8 Å². The molecule has 7 nitrogen and oxygen atoms in total. The van der Waals surface area contributed by atoms with E-state index >= 15 is 0 Å². The second-order valence-corrected chi connectivity index (χ2v) is 7.09. The molecule has 2 N–H and O–H groups in total. The number of carbonyl (C=O) groups is 1. The minimum absolute atomic E-state index is 0.0981. The number of phenols is 1. The van der Waals surface area contributed by atoms with Crippen LogP contribution in [-0.4, -0.2) is 44.7 Å². The molecule has 0 atom stereocenters. The zero-order valence-electron chi connectivity index (χ0n) is 17.1. The summed E-state index contributed by atoms with van der Waals surface area (Å²) in [5.41, 5.74) is 2.90. The summed E-state index contributed by atoms with van der Waals surface area (Å²) in [5, 5.41) is 17.6. The fourth-order valence-corrected chi connectivity index (χ4v) is 3.44. The van der Waals surface area contributed by atoms with Crippen LogP contribution in [0.5, 0.6) is 11.6 Å². The maximum atomic E-state index is 13.7. The van der Waals surface area contributed by atoms with Crippen molar-refractivity contribution in [3.05, 3.63) is 71.8 Å². The summed E-state index contributed by atoms with van der Waals surface area (Å²) >= 11 is 0. The van der Waals surface area contributed by atoms with Gasteiger partial charge in [0.15, 0.2) is 0 Å². The van der Waals surface area contributed by atoms with Crippen molar-refractivity contribution in [2.75, 3.05) is 13.7 Å². The molecular formula is C23H21FN4O3. The molecule has 158 valence electrons. The van der Waals surface area contributed by atoms with Gasteiger partial charge in [0.1, 0.15) is 17.3 Å². The van der Waals surface area contributed by atoms with Crippen molar-refractivity contribution in [2.45, 2.75) is 13.5 Å². The number of nitrogens with one attached hydrogen (secondary N) is 1. The van der Waals surface area contributed by atoms with Crippen molar-refractivity contribution < 1.29 is 19.0 Å². The fourth-order valence-electron chi connectivity index (χ4n) is 3.44. The molecule has 0 aliphatic carbocycles. The number of hydrogen-bond acceptors (Lipinski definition) is 5. The van der Waals surface area contributed by atoms with Gasteiger partial charge in [0.05, 0.1) is 18.3 Å². The molecule has 4 aromatic rings. The summed E-state index contributed by atoms with van der Waals surface area (Å²) in [6.07, 6.45) is 1.61. The van der Waals surface area contributed by atoms with Crippen LogP contribution in [0.4, 0.5) is 4.39 Å². The second-order valence-electron chi connectivity index (χ2n) is 7.09. The number of phenolic OH excluding ortho intramolecular Hbond substituents is 1. The summed E-state index contributed by atoms with van der Waals surface area (Å²) in [4.78, 5) is 18.9. The van der Waals surface area contributed by atoms with E-state index in [2.05, 4.69) is 15.2 Å². The number of H-pyrrole nitrogens is 1. The van der Waals surface area contributed by atoms with Crippen molar-refractivity contribution in [2.24, 2.45) is 0 Å². The van der Waals surface area contributed by atoms with Crippen LogP contribution in [0.15, 0.2) is 54.7 Å². The lowest BCUT2D eigenvalue weighted by atomic mass is 10.1. The van der Waals surface area contributed by atoms with Gasteiger partial charge in [-0.15, -0.1) is 0 Å². The molecule has 8 heteroatoms. The third-order valence-electron chi connectivity index (χ3n) is 4.87. The second kappa shape index (κ2) is 8.43. The van der Waals surface area contributed by atoms with E-state index in [4.69, 9.17) is 4.74 Å². The number of carbonyl (C=O) groups excluding carboxylic acids is 1. The number of aromatic hydroxyl groups is 1. The minimum atomic E-state index is -0.365. The smallest absolute Gasteiger partial charge is 0.272 e. The summed E-state index contributed by atoms with van der Waals surface area (Å²) in [6, 6.07) is 12.6. The fraction of sp³-hybridized carbons (Fsp3) is 0.174. The predicted molar refractivity (Wildman–Crippen MR) is 114 cm³/mol. The minimum Gasteiger partial charge on any atom is -0.508 e. The Bertz CT molecular complexity index is 1250. The van der Waals surface area contributed by atoms with Crippen molar-refractivity contribution in [3.63, 3.8) is 0 Å². The summed E-state index contributed by atoms with van der Waals surface area (Å²) in [5.74, 6) is -0.319. The van der Waals surface area contributed by atoms with Gasteiger partial charge in [0.25, 0.3) is 5.91 Å². The normalized spacial score (nSPS) is 10.9. The van der Waals surface area contributed by atoms with Gasteiger partial charge < -0.3 is 14.7 Å². The highest BCUT2D eigenvalue weighted by atomic mass is 19.1. The Kier molecular flexibility index (Phi) is 5.53. The van der Waals surface area contributed by atoms with E-state index in [1.807, 2.05) is 6.92 Å². The molecule has 2 aromatic heterocycles. The number of fused-ring (bicyclic) bond motifs is 1. The number of aromatic amines is 1. The molecule has 0 aliphatic heterocycles. The SMILES string of the molecule is CCOc1nc(C(=O)N(C)Cc2cc(O)cc3cn[nH]c23)ccc1-c1cccc(F)c1. The van der Waals surface area contributed by atoms with E-state index in [1.54, 1.807) is 49.6 Å². The van der Waals surface area contributed by atoms with Gasteiger partial charge in [-0.3, -0.25) is 9.89 Å². The first-order valence-electron chi connectivity index (χ1n) is 9.76. The Hall–Kier alpha value is -3.94. The van der Waals surface area contributed by atoms with Crippen LogP contribution < -0.4 is 4.74 Å². The average molecular weight is 420 g/mol. The Balaban J connectivity index is 1.63. The third kappa shape index (κ3) is 4.18. The third-order valence-corrected chi connectivity index (χ3v) is 4.87. The predicted octanol–water partition coefficient (Wildman–Crippen LogP) is 4.14. The number of nitrogens with zero attached hydrogens (tertiary/aromatic N) is 3. The topological polar surface area (TPSA) is 91.3 Å². The summed E-state index contributed by atoms with van der Waals surface area (Å²) in [6.45, 7) is 2.41. The molecular weight excluding hydrogens is 399 g/mol. The van der Waals surface area contributed by atoms with Crippen LogP contribution >= 0.6 is 0 Å². The van der Waals surface area contributed by atoms with Crippen molar-refractivity contribution in [1.29, 1.82) is 0 Å². The first kappa shape index (κ1) is 20.3. The Morgan fingerprint density at radius 2 is 2.06 bits per heavy atom. The lowest BCUT2D eigenvalue weighted by molar-refractivity contribution is 0.0778. The standard InChI is InChI=1S/C23H21FN4O3/c1-3-31-22-19(14-5-4-6-17(24)9-14)7-8-20(26-22)23(30)28(2)13-16-11-18(29)10-15-12-25-27-21(15)16/h4-12,29H,3,13H2,1-2H3,(H,25,27). The van der Waals surface area contributed by atoms with Gasteiger partial charge >= 0.3 is 0 Å². The highest BCUT2D eigenvalue weighted by Gasteiger charge is 2.19. The maximum absolute atomic E-state index is 13.7. The van der Waals surface area contributed by atoms with Crippen molar-refractivity contribution in [3.8, 4) is 22.8 Å². The first-order chi connectivity index (χ1) is 15.0. The number of halogens is 1. The zero-order chi connectivity index (χ0) is 22.0. The molecule has 0 aliphatic rings. The zero-order valence-corrected chi connectivity index (χ0v) is 17.1. The quantitative estimate of drug-likeness (QED) is 0.489. The van der Waals surface area contributed by atoms with E-state index in [9.17, 15) is 14.3 Å². The van der Waals surface area contributed by atoms with Crippen LogP contribution in [0.2, 0.25) is 0 Å². The summed E-state index contributed by atoms with van der Waals surface area (Å²) < 4.78 is 19.3. The van der Waals surface area contributed by atoms with Crippen molar-refractivity contribution in [1.82, 2.24) is 20.1 Å². The number of pyridine rings is 1. The Morgan fingerprint density at radius 3 is 2.84 bits per heavy atom. The van der Waals surface area contributed by atoms with E-state index in [0.29, 0.717) is 17.7 Å². The number of benzene rings is 2. The first-order valence-corrected chi connectivity index (χ1v) is 9.76. The van der Waals surface area contributed by atoms with Crippen LogP contribution in [0.3, 0.4) is 0 Å². The molecule has 2 heterocycles. The van der Waals surface area contributed by atoms with Gasteiger partial charge in [0.2, 0.25) is 5.88 Å². The molecule has 0 bridgehead atoms. The largest absolute Gasteiger partial charge is 0.508 e. The Labute approximate surface area is 178 Å². The maximum Gasteiger partial charge on any atom is 0.272 e. The molecule has 31 heavy (non-hydrogen) atoms. The number of hydrogen-bond donors (Lipinski definition) is 2. The Morgan fingerprint density at radius 1 is 1.23 bits per heavy atom. The molecule has 0 saturated heterocycles. The number of amides is 1. The van der Waals surface area contributed by atoms with Gasteiger partial charge in [-0.05, 0) is 48.9 Å². The van der Waals surface area contributed by atoms with E-state index in [0.717, 1.165) is 16.5 Å². The molecule has 4 rings (SSSR count). The average Bonchev–Trinajstić information content (AvgIpc) is 3.22. The highest BCUT2D eigenvalue weighted by Crippen LogP contribution is 2.30. The lowest BCUT2D eigenvalue weighted by Gasteiger charge is -2.18. The molecule has 0 unspecified atom stereocenters. The number of aromatic nitrogens is 3. The van der Waals surface area contributed by atoms with Crippen LogP contribution in [0.1, 0.15) is 23.0 Å². The lowest BCUT2D eigenvalue weighted by Crippen LogP contribution is -2.27. The van der Waals surface area contributed by atoms with Gasteiger partial charge in [-0.25, -0.2) is 9.37 Å². The molecule has 0 fully saturated rings. The monoisotopic (exact) mass is 420 g/mol. The molecule has 0 saturated carbocycles. The van der Waals surface area contributed by atoms with Gasteiger partial charge in [0, 0.05) is 30.1 Å². The number of rotatable bonds is 6. The number of ether oxygens (including phenoxy) is 1. The summed E-state index contributed by atoms with van der Waals surface area (Å²) in [7, 11) is 1.65. The molecule has 0 spiro atoms. The van der Waals surface area contributed by atoms with E-state index in [-0.39, 0.29) is 35.6 Å². The van der Waals surface area contributed by atoms with Crippen LogP contribution in [-0.2, 0) is 6.54 Å². The molecule has 2 aromatic carbocycles. The highest BCUT2D eigenvalue weighted by molar-refractivity contribution is 5.93. The van der Waals surface area contributed by atoms with Crippen LogP contribution in [0.25, 0.3) is 22.0 Å². The van der Waals surface area contributed by atoms with E-state index in [1.165, 1.54) is 17.0 Å². The molecule has 1 amide bonds. The van der Waals surface area contributed by atoms with Gasteiger partial charge in [-0.2, -0.15) is 5.10 Å².